The number of aromatic nitrogens is 2. The molecule has 8 heteroatoms. The molecule has 3 rings (SSSR count). The van der Waals surface area contributed by atoms with Crippen LogP contribution in [0.3, 0.4) is 0 Å². The molecule has 1 amide bonds. The van der Waals surface area contributed by atoms with Crippen LogP contribution in [0.4, 0.5) is 21.6 Å². The summed E-state index contributed by atoms with van der Waals surface area (Å²) in [6.07, 6.45) is 0. The van der Waals surface area contributed by atoms with Crippen molar-refractivity contribution >= 4 is 23.1 Å². The van der Waals surface area contributed by atoms with Crippen LogP contribution < -0.4 is 20.1 Å². The van der Waals surface area contributed by atoms with Gasteiger partial charge in [0.1, 0.15) is 5.82 Å². The van der Waals surface area contributed by atoms with Crippen molar-refractivity contribution in [1.29, 1.82) is 0 Å². The van der Waals surface area contributed by atoms with E-state index in [1.54, 1.807) is 36.4 Å². The highest BCUT2D eigenvalue weighted by molar-refractivity contribution is 6.03. The van der Waals surface area contributed by atoms with Crippen LogP contribution in [0.5, 0.6) is 11.5 Å². The maximum Gasteiger partial charge on any atom is 0.276 e. The third kappa shape index (κ3) is 4.49. The van der Waals surface area contributed by atoms with Crippen LogP contribution in [0.25, 0.3) is 0 Å². The number of rotatable bonds is 6. The Morgan fingerprint density at radius 1 is 0.889 bits per heavy atom. The molecular formula is C19H17FN4O3. The van der Waals surface area contributed by atoms with E-state index >= 15 is 0 Å². The first kappa shape index (κ1) is 18.1. The standard InChI is InChI=1S/C19H17FN4O3/c1-26-16-9-7-14(11-17(16)27-2)22-19(25)15-8-10-18(24-23-15)21-13-5-3-12(20)4-6-13/h3-11H,1-2H3,(H,21,24)(H,22,25). The van der Waals surface area contributed by atoms with E-state index in [0.29, 0.717) is 28.7 Å². The van der Waals surface area contributed by atoms with Gasteiger partial charge >= 0.3 is 0 Å². The van der Waals surface area contributed by atoms with Crippen LogP contribution in [0.1, 0.15) is 10.5 Å². The lowest BCUT2D eigenvalue weighted by atomic mass is 10.2. The molecule has 0 radical (unpaired) electrons. The number of nitrogens with zero attached hydrogens (tertiary/aromatic N) is 2. The fourth-order valence-electron chi connectivity index (χ4n) is 2.31. The Kier molecular flexibility index (Phi) is 5.46. The quantitative estimate of drug-likeness (QED) is 0.691. The summed E-state index contributed by atoms with van der Waals surface area (Å²) >= 11 is 0. The van der Waals surface area contributed by atoms with Gasteiger partial charge in [0.25, 0.3) is 5.91 Å². The second kappa shape index (κ2) is 8.13. The number of methoxy groups -OCH3 is 2. The first-order valence-corrected chi connectivity index (χ1v) is 7.99. The van der Waals surface area contributed by atoms with E-state index < -0.39 is 5.91 Å². The Morgan fingerprint density at radius 2 is 1.59 bits per heavy atom. The maximum atomic E-state index is 12.9. The zero-order chi connectivity index (χ0) is 19.2. The van der Waals surface area contributed by atoms with Crippen LogP contribution in [-0.4, -0.2) is 30.3 Å². The summed E-state index contributed by atoms with van der Waals surface area (Å²) in [5, 5.41) is 13.6. The zero-order valence-electron chi connectivity index (χ0n) is 14.7. The lowest BCUT2D eigenvalue weighted by Crippen LogP contribution is -2.14. The molecule has 2 aromatic carbocycles. The van der Waals surface area contributed by atoms with Crippen molar-refractivity contribution < 1.29 is 18.7 Å². The van der Waals surface area contributed by atoms with Gasteiger partial charge in [0, 0.05) is 17.4 Å². The number of carbonyl (C=O) groups is 1. The third-order valence-corrected chi connectivity index (χ3v) is 3.66. The summed E-state index contributed by atoms with van der Waals surface area (Å²) in [4.78, 5) is 12.3. The van der Waals surface area contributed by atoms with E-state index in [9.17, 15) is 9.18 Å². The van der Waals surface area contributed by atoms with Crippen molar-refractivity contribution in [3.05, 3.63) is 66.1 Å². The molecule has 0 aliphatic rings. The average molecular weight is 368 g/mol. The molecule has 1 aromatic heterocycles. The monoisotopic (exact) mass is 368 g/mol. The molecule has 2 N–H and O–H groups in total. The van der Waals surface area contributed by atoms with Crippen molar-refractivity contribution in [2.45, 2.75) is 0 Å². The van der Waals surface area contributed by atoms with Gasteiger partial charge in [0.05, 0.1) is 14.2 Å². The summed E-state index contributed by atoms with van der Waals surface area (Å²) in [5.74, 6) is 0.757. The van der Waals surface area contributed by atoms with Crippen LogP contribution >= 0.6 is 0 Å². The molecule has 0 fully saturated rings. The fourth-order valence-corrected chi connectivity index (χ4v) is 2.31. The van der Waals surface area contributed by atoms with E-state index in [-0.39, 0.29) is 11.5 Å². The first-order chi connectivity index (χ1) is 13.1. The van der Waals surface area contributed by atoms with Crippen LogP contribution in [-0.2, 0) is 0 Å². The summed E-state index contributed by atoms with van der Waals surface area (Å²) in [7, 11) is 3.05. The lowest BCUT2D eigenvalue weighted by molar-refractivity contribution is 0.102. The van der Waals surface area contributed by atoms with Gasteiger partial charge in [-0.25, -0.2) is 4.39 Å². The molecule has 0 saturated heterocycles. The summed E-state index contributed by atoms with van der Waals surface area (Å²) in [6.45, 7) is 0. The summed E-state index contributed by atoms with van der Waals surface area (Å²) < 4.78 is 23.3. The van der Waals surface area contributed by atoms with Gasteiger partial charge in [-0.15, -0.1) is 10.2 Å². The molecule has 0 bridgehead atoms. The zero-order valence-corrected chi connectivity index (χ0v) is 14.7. The van der Waals surface area contributed by atoms with E-state index in [2.05, 4.69) is 20.8 Å². The van der Waals surface area contributed by atoms with Crippen molar-refractivity contribution in [3.8, 4) is 11.5 Å². The molecule has 3 aromatic rings. The van der Waals surface area contributed by atoms with Crippen molar-refractivity contribution in [1.82, 2.24) is 10.2 Å². The van der Waals surface area contributed by atoms with Gasteiger partial charge < -0.3 is 20.1 Å². The van der Waals surface area contributed by atoms with E-state index in [0.717, 1.165) is 0 Å². The topological polar surface area (TPSA) is 85.4 Å². The van der Waals surface area contributed by atoms with Gasteiger partial charge in [-0.3, -0.25) is 4.79 Å². The third-order valence-electron chi connectivity index (χ3n) is 3.66. The Labute approximate surface area is 155 Å². The largest absolute Gasteiger partial charge is 0.493 e. The maximum absolute atomic E-state index is 12.9. The van der Waals surface area contributed by atoms with E-state index in [1.165, 1.54) is 32.4 Å². The number of anilines is 3. The molecule has 1 heterocycles. The summed E-state index contributed by atoms with van der Waals surface area (Å²) in [6, 6.07) is 14.0. The predicted octanol–water partition coefficient (Wildman–Crippen LogP) is 3.63. The number of ether oxygens (including phenoxy) is 2. The number of carbonyl (C=O) groups excluding carboxylic acids is 1. The van der Waals surface area contributed by atoms with Crippen molar-refractivity contribution in [3.63, 3.8) is 0 Å². The van der Waals surface area contributed by atoms with Crippen molar-refractivity contribution in [2.75, 3.05) is 24.9 Å². The minimum Gasteiger partial charge on any atom is -0.493 e. The molecular weight excluding hydrogens is 351 g/mol. The van der Waals surface area contributed by atoms with Crippen LogP contribution in [0.15, 0.2) is 54.6 Å². The van der Waals surface area contributed by atoms with Gasteiger partial charge in [-0.1, -0.05) is 0 Å². The Morgan fingerprint density at radius 3 is 2.22 bits per heavy atom. The Hall–Kier alpha value is -3.68. The molecule has 7 nitrogen and oxygen atoms in total. The number of hydrogen-bond donors (Lipinski definition) is 2. The van der Waals surface area contributed by atoms with Gasteiger partial charge in [-0.05, 0) is 48.5 Å². The highest BCUT2D eigenvalue weighted by Crippen LogP contribution is 2.29. The SMILES string of the molecule is COc1ccc(NC(=O)c2ccc(Nc3ccc(F)cc3)nn2)cc1OC. The Balaban J connectivity index is 1.67. The van der Waals surface area contributed by atoms with Crippen molar-refractivity contribution in [2.24, 2.45) is 0 Å². The lowest BCUT2D eigenvalue weighted by Gasteiger charge is -2.10. The molecule has 27 heavy (non-hydrogen) atoms. The highest BCUT2D eigenvalue weighted by Gasteiger charge is 2.11. The number of amides is 1. The number of hydrogen-bond acceptors (Lipinski definition) is 6. The fraction of sp³-hybridized carbons (Fsp3) is 0.105. The smallest absolute Gasteiger partial charge is 0.276 e. The number of halogens is 1. The predicted molar refractivity (Wildman–Crippen MR) is 99.2 cm³/mol. The molecule has 0 saturated carbocycles. The number of nitrogens with one attached hydrogen (secondary N) is 2. The van der Waals surface area contributed by atoms with Crippen LogP contribution in [0, 0.1) is 5.82 Å². The minimum absolute atomic E-state index is 0.148. The van der Waals surface area contributed by atoms with E-state index in [4.69, 9.17) is 9.47 Å². The van der Waals surface area contributed by atoms with Gasteiger partial charge in [0.2, 0.25) is 0 Å². The molecule has 0 unspecified atom stereocenters. The first-order valence-electron chi connectivity index (χ1n) is 7.99. The normalized spacial score (nSPS) is 10.2. The van der Waals surface area contributed by atoms with Gasteiger partial charge in [-0.2, -0.15) is 0 Å². The second-order valence-corrected chi connectivity index (χ2v) is 5.46. The minimum atomic E-state index is -0.414. The molecule has 0 aliphatic carbocycles. The average Bonchev–Trinajstić information content (AvgIpc) is 2.70. The Bertz CT molecular complexity index is 931. The highest BCUT2D eigenvalue weighted by atomic mass is 19.1. The second-order valence-electron chi connectivity index (χ2n) is 5.46. The molecule has 0 atom stereocenters. The summed E-state index contributed by atoms with van der Waals surface area (Å²) in [5.41, 5.74) is 1.34. The van der Waals surface area contributed by atoms with Gasteiger partial charge in [0.15, 0.2) is 23.0 Å². The molecule has 138 valence electrons. The molecule has 0 aliphatic heterocycles. The molecule has 0 spiro atoms. The van der Waals surface area contributed by atoms with E-state index in [1.807, 2.05) is 0 Å². The number of benzene rings is 2. The van der Waals surface area contributed by atoms with Crippen LogP contribution in [0.2, 0.25) is 0 Å².